The number of benzene rings is 2. The Labute approximate surface area is 107 Å². The van der Waals surface area contributed by atoms with Crippen molar-refractivity contribution in [1.82, 2.24) is 4.98 Å². The van der Waals surface area contributed by atoms with Gasteiger partial charge in [0.25, 0.3) is 0 Å². The molecule has 1 heterocycles. The van der Waals surface area contributed by atoms with Crippen molar-refractivity contribution in [2.75, 3.05) is 0 Å². The van der Waals surface area contributed by atoms with E-state index in [4.69, 9.17) is 0 Å². The summed E-state index contributed by atoms with van der Waals surface area (Å²) >= 11 is 0. The Kier molecular flexibility index (Phi) is 2.89. The number of rotatable bonds is 2. The van der Waals surface area contributed by atoms with Crippen LogP contribution in [-0.2, 0) is 0 Å². The third-order valence-electron chi connectivity index (χ3n) is 2.90. The zero-order valence-electron chi connectivity index (χ0n) is 9.88. The second kappa shape index (κ2) is 4.84. The highest BCUT2D eigenvalue weighted by Gasteiger charge is 2.05. The molecular formula is C17H12N. The van der Waals surface area contributed by atoms with Crippen molar-refractivity contribution in [2.45, 2.75) is 0 Å². The van der Waals surface area contributed by atoms with E-state index >= 15 is 0 Å². The van der Waals surface area contributed by atoms with Gasteiger partial charge in [0.2, 0.25) is 0 Å². The zero-order valence-corrected chi connectivity index (χ0v) is 9.88. The fourth-order valence-corrected chi connectivity index (χ4v) is 2.05. The first-order valence-corrected chi connectivity index (χ1v) is 5.92. The summed E-state index contributed by atoms with van der Waals surface area (Å²) in [6.07, 6.45) is 3.68. The van der Waals surface area contributed by atoms with Crippen LogP contribution < -0.4 is 0 Å². The number of nitrogens with zero attached hydrogens (tertiary/aromatic N) is 1. The van der Waals surface area contributed by atoms with Crippen LogP contribution in [0.5, 0.6) is 0 Å². The molecule has 0 bridgehead atoms. The van der Waals surface area contributed by atoms with Gasteiger partial charge in [-0.05, 0) is 28.8 Å². The Morgan fingerprint density at radius 3 is 2.33 bits per heavy atom. The van der Waals surface area contributed by atoms with E-state index in [9.17, 15) is 0 Å². The minimum atomic E-state index is 1.11. The van der Waals surface area contributed by atoms with E-state index in [1.807, 2.05) is 30.5 Å². The molecule has 1 nitrogen and oxygen atoms in total. The van der Waals surface area contributed by atoms with Crippen LogP contribution in [0.2, 0.25) is 0 Å². The van der Waals surface area contributed by atoms with Crippen molar-refractivity contribution in [3.63, 3.8) is 0 Å². The number of aromatic nitrogens is 1. The molecule has 18 heavy (non-hydrogen) atoms. The molecule has 0 spiro atoms. The second-order valence-corrected chi connectivity index (χ2v) is 4.06. The van der Waals surface area contributed by atoms with Gasteiger partial charge in [0.15, 0.2) is 0 Å². The Balaban J connectivity index is 2.18. The summed E-state index contributed by atoms with van der Waals surface area (Å²) in [4.78, 5) is 4.19. The van der Waals surface area contributed by atoms with Gasteiger partial charge in [0.1, 0.15) is 0 Å². The highest BCUT2D eigenvalue weighted by molar-refractivity contribution is 5.82. The Bertz CT molecular complexity index is 572. The largest absolute Gasteiger partial charge is 0.264 e. The molecule has 0 aliphatic rings. The van der Waals surface area contributed by atoms with Gasteiger partial charge in [-0.25, -0.2) is 0 Å². The van der Waals surface area contributed by atoms with Crippen LogP contribution >= 0.6 is 0 Å². The molecule has 1 heteroatoms. The second-order valence-electron chi connectivity index (χ2n) is 4.06. The van der Waals surface area contributed by atoms with Crippen molar-refractivity contribution < 1.29 is 0 Å². The number of hydrogen-bond acceptors (Lipinski definition) is 1. The minimum absolute atomic E-state index is 1.11. The Morgan fingerprint density at radius 1 is 0.778 bits per heavy atom. The highest BCUT2D eigenvalue weighted by Crippen LogP contribution is 2.30. The zero-order chi connectivity index (χ0) is 12.2. The fraction of sp³-hybridized carbons (Fsp3) is 0. The lowest BCUT2D eigenvalue weighted by Gasteiger charge is -2.09. The van der Waals surface area contributed by atoms with Crippen LogP contribution in [0.4, 0.5) is 0 Å². The summed E-state index contributed by atoms with van der Waals surface area (Å²) in [5.74, 6) is 0. The molecule has 2 aromatic carbocycles. The maximum Gasteiger partial charge on any atom is 0.0346 e. The van der Waals surface area contributed by atoms with Crippen LogP contribution in [0.1, 0.15) is 0 Å². The van der Waals surface area contributed by atoms with Gasteiger partial charge in [0.05, 0.1) is 0 Å². The molecule has 0 unspecified atom stereocenters. The monoisotopic (exact) mass is 230 g/mol. The maximum absolute atomic E-state index is 4.19. The van der Waals surface area contributed by atoms with Crippen molar-refractivity contribution in [2.24, 2.45) is 0 Å². The fourth-order valence-electron chi connectivity index (χ4n) is 2.05. The lowest BCUT2D eigenvalue weighted by Crippen LogP contribution is -1.85. The molecule has 0 aliphatic heterocycles. The quantitative estimate of drug-likeness (QED) is 0.642. The first kappa shape index (κ1) is 10.7. The molecule has 0 aliphatic carbocycles. The SMILES string of the molecule is [c]1ccccc1-c1ccccc1-c1cccnc1. The molecule has 0 saturated carbocycles. The lowest BCUT2D eigenvalue weighted by atomic mass is 9.96. The molecule has 3 aromatic rings. The smallest absolute Gasteiger partial charge is 0.0346 e. The van der Waals surface area contributed by atoms with E-state index in [1.54, 1.807) is 6.20 Å². The summed E-state index contributed by atoms with van der Waals surface area (Å²) in [6.45, 7) is 0. The van der Waals surface area contributed by atoms with Crippen molar-refractivity contribution in [1.29, 1.82) is 0 Å². The van der Waals surface area contributed by atoms with Crippen molar-refractivity contribution in [3.05, 3.63) is 79.1 Å². The molecule has 1 radical (unpaired) electrons. The van der Waals surface area contributed by atoms with Gasteiger partial charge in [-0.3, -0.25) is 4.98 Å². The first-order valence-electron chi connectivity index (χ1n) is 5.92. The summed E-state index contributed by atoms with van der Waals surface area (Å²) in [5.41, 5.74) is 4.61. The molecular weight excluding hydrogens is 218 g/mol. The van der Waals surface area contributed by atoms with E-state index < -0.39 is 0 Å². The highest BCUT2D eigenvalue weighted by atomic mass is 14.6. The molecule has 3 rings (SSSR count). The summed E-state index contributed by atoms with van der Waals surface area (Å²) in [5, 5.41) is 0. The van der Waals surface area contributed by atoms with Crippen molar-refractivity contribution >= 4 is 0 Å². The minimum Gasteiger partial charge on any atom is -0.264 e. The van der Waals surface area contributed by atoms with Gasteiger partial charge < -0.3 is 0 Å². The van der Waals surface area contributed by atoms with Crippen LogP contribution in [0.15, 0.2) is 73.1 Å². The summed E-state index contributed by atoms with van der Waals surface area (Å²) in [6, 6.07) is 23.7. The van der Waals surface area contributed by atoms with Gasteiger partial charge in [-0.15, -0.1) is 0 Å². The van der Waals surface area contributed by atoms with E-state index in [0.29, 0.717) is 0 Å². The summed E-state index contributed by atoms with van der Waals surface area (Å²) in [7, 11) is 0. The molecule has 0 amide bonds. The van der Waals surface area contributed by atoms with Gasteiger partial charge in [-0.1, -0.05) is 54.6 Å². The molecule has 0 atom stereocenters. The molecule has 1 aromatic heterocycles. The van der Waals surface area contributed by atoms with Gasteiger partial charge in [0, 0.05) is 18.0 Å². The Hall–Kier alpha value is -2.41. The van der Waals surface area contributed by atoms with E-state index in [1.165, 1.54) is 11.1 Å². The van der Waals surface area contributed by atoms with Crippen LogP contribution in [-0.4, -0.2) is 4.98 Å². The van der Waals surface area contributed by atoms with E-state index in [0.717, 1.165) is 11.1 Å². The van der Waals surface area contributed by atoms with Crippen LogP contribution in [0, 0.1) is 6.07 Å². The lowest BCUT2D eigenvalue weighted by molar-refractivity contribution is 1.33. The number of hydrogen-bond donors (Lipinski definition) is 0. The van der Waals surface area contributed by atoms with Gasteiger partial charge >= 0.3 is 0 Å². The summed E-state index contributed by atoms with van der Waals surface area (Å²) < 4.78 is 0. The van der Waals surface area contributed by atoms with Gasteiger partial charge in [-0.2, -0.15) is 0 Å². The standard InChI is InChI=1S/C17H12N/c1-2-7-14(8-3-1)16-10-4-5-11-17(16)15-9-6-12-18-13-15/h1-7,9-13H. The third kappa shape index (κ3) is 2.03. The average Bonchev–Trinajstić information content (AvgIpc) is 2.49. The van der Waals surface area contributed by atoms with E-state index in [-0.39, 0.29) is 0 Å². The Morgan fingerprint density at radius 2 is 1.61 bits per heavy atom. The molecule has 0 fully saturated rings. The predicted octanol–water partition coefficient (Wildman–Crippen LogP) is 4.22. The maximum atomic E-state index is 4.19. The normalized spacial score (nSPS) is 10.2. The van der Waals surface area contributed by atoms with Crippen molar-refractivity contribution in [3.8, 4) is 22.3 Å². The molecule has 0 saturated heterocycles. The topological polar surface area (TPSA) is 12.9 Å². The first-order chi connectivity index (χ1) is 8.95. The predicted molar refractivity (Wildman–Crippen MR) is 73.9 cm³/mol. The van der Waals surface area contributed by atoms with Crippen LogP contribution in [0.25, 0.3) is 22.3 Å². The average molecular weight is 230 g/mol. The molecule has 0 N–H and O–H groups in total. The van der Waals surface area contributed by atoms with Crippen LogP contribution in [0.3, 0.4) is 0 Å². The molecule has 85 valence electrons. The third-order valence-corrected chi connectivity index (χ3v) is 2.90. The number of pyridine rings is 1. The van der Waals surface area contributed by atoms with E-state index in [2.05, 4.69) is 47.4 Å².